The maximum Gasteiger partial charge on any atom is 0.164 e. The zero-order chi connectivity index (χ0) is 37.0. The van der Waals surface area contributed by atoms with Gasteiger partial charge in [0.2, 0.25) is 0 Å². The lowest BCUT2D eigenvalue weighted by Crippen LogP contribution is -2.00. The summed E-state index contributed by atoms with van der Waals surface area (Å²) in [6, 6.07) is 67.4. The van der Waals surface area contributed by atoms with E-state index in [9.17, 15) is 0 Å². The van der Waals surface area contributed by atoms with Gasteiger partial charge in [-0.15, -0.1) is 0 Å². The van der Waals surface area contributed by atoms with E-state index >= 15 is 0 Å². The van der Waals surface area contributed by atoms with Crippen LogP contribution in [0, 0.1) is 0 Å². The molecule has 0 amide bonds. The molecule has 3 aromatic heterocycles. The molecule has 0 spiro atoms. The van der Waals surface area contributed by atoms with Gasteiger partial charge in [-0.3, -0.25) is 0 Å². The molecular formula is C51H32N4O. The van der Waals surface area contributed by atoms with Gasteiger partial charge in [0.15, 0.2) is 17.5 Å². The molecule has 0 N–H and O–H groups in total. The van der Waals surface area contributed by atoms with E-state index in [2.05, 4.69) is 138 Å². The molecule has 0 bridgehead atoms. The summed E-state index contributed by atoms with van der Waals surface area (Å²) >= 11 is 0. The molecule has 0 saturated carbocycles. The van der Waals surface area contributed by atoms with Gasteiger partial charge in [0.25, 0.3) is 0 Å². The number of hydrogen-bond acceptors (Lipinski definition) is 4. The average Bonchev–Trinajstić information content (AvgIpc) is 3.83. The fourth-order valence-electron chi connectivity index (χ4n) is 8.05. The molecule has 0 aliphatic carbocycles. The van der Waals surface area contributed by atoms with Gasteiger partial charge in [-0.2, -0.15) is 0 Å². The zero-order valence-corrected chi connectivity index (χ0v) is 30.2. The molecule has 0 aliphatic heterocycles. The first-order chi connectivity index (χ1) is 27.8. The smallest absolute Gasteiger partial charge is 0.164 e. The molecule has 0 aliphatic rings. The minimum absolute atomic E-state index is 0.615. The first-order valence-electron chi connectivity index (χ1n) is 18.8. The summed E-state index contributed by atoms with van der Waals surface area (Å²) in [5.41, 5.74) is 12.3. The molecule has 8 aromatic carbocycles. The molecule has 3 heterocycles. The van der Waals surface area contributed by atoms with Crippen LogP contribution in [0.2, 0.25) is 0 Å². The van der Waals surface area contributed by atoms with E-state index in [0.717, 1.165) is 71.9 Å². The minimum Gasteiger partial charge on any atom is -0.456 e. The predicted molar refractivity (Wildman–Crippen MR) is 229 cm³/mol. The standard InChI is InChI=1S/C51H32N4O/c1-4-14-33(15-5-1)34-26-28-35(29-27-34)39-21-12-24-45-47(39)48-43(23-13-25-46(48)56-45)55-42-22-11-10-20-40(42)41-31-30-38(32-44(41)55)51-53-49(36-16-6-2-7-17-36)52-50(54-51)37-18-8-3-9-19-37/h1-32H. The number of furan rings is 1. The summed E-state index contributed by atoms with van der Waals surface area (Å²) < 4.78 is 9.01. The van der Waals surface area contributed by atoms with E-state index in [1.54, 1.807) is 0 Å². The number of fused-ring (bicyclic) bond motifs is 6. The Morgan fingerprint density at radius 2 is 0.839 bits per heavy atom. The SMILES string of the molecule is c1ccc(-c2ccc(-c3cccc4oc5cccc(-n6c7ccccc7c7ccc(-c8nc(-c9ccccc9)nc(-c9ccccc9)n8)cc76)c5c34)cc2)cc1. The minimum atomic E-state index is 0.615. The molecule has 0 atom stereocenters. The number of rotatable bonds is 6. The lowest BCUT2D eigenvalue weighted by atomic mass is 9.96. The van der Waals surface area contributed by atoms with Crippen molar-refractivity contribution >= 4 is 43.7 Å². The molecule has 11 aromatic rings. The number of para-hydroxylation sites is 1. The van der Waals surface area contributed by atoms with Crippen LogP contribution in [0.3, 0.4) is 0 Å². The van der Waals surface area contributed by atoms with E-state index in [4.69, 9.17) is 19.4 Å². The fourth-order valence-corrected chi connectivity index (χ4v) is 8.05. The van der Waals surface area contributed by atoms with E-state index in [0.29, 0.717) is 17.5 Å². The Balaban J connectivity index is 1.14. The molecule has 0 unspecified atom stereocenters. The monoisotopic (exact) mass is 716 g/mol. The van der Waals surface area contributed by atoms with Crippen molar-refractivity contribution in [2.24, 2.45) is 0 Å². The molecule has 5 nitrogen and oxygen atoms in total. The van der Waals surface area contributed by atoms with Crippen LogP contribution < -0.4 is 0 Å². The number of hydrogen-bond donors (Lipinski definition) is 0. The van der Waals surface area contributed by atoms with Crippen molar-refractivity contribution in [3.8, 4) is 62.1 Å². The van der Waals surface area contributed by atoms with Gasteiger partial charge in [-0.05, 0) is 52.6 Å². The maximum atomic E-state index is 6.63. The average molecular weight is 717 g/mol. The molecule has 56 heavy (non-hydrogen) atoms. The highest BCUT2D eigenvalue weighted by Crippen LogP contribution is 2.43. The van der Waals surface area contributed by atoms with E-state index in [-0.39, 0.29) is 0 Å². The normalized spacial score (nSPS) is 11.6. The summed E-state index contributed by atoms with van der Waals surface area (Å²) in [6.07, 6.45) is 0. The Morgan fingerprint density at radius 3 is 1.52 bits per heavy atom. The second kappa shape index (κ2) is 13.0. The van der Waals surface area contributed by atoms with Crippen LogP contribution in [0.15, 0.2) is 199 Å². The molecule has 5 heteroatoms. The van der Waals surface area contributed by atoms with Crippen LogP contribution in [0.1, 0.15) is 0 Å². The summed E-state index contributed by atoms with van der Waals surface area (Å²) in [5, 5.41) is 4.47. The number of nitrogens with zero attached hydrogens (tertiary/aromatic N) is 4. The molecular weight excluding hydrogens is 685 g/mol. The van der Waals surface area contributed by atoms with Crippen molar-refractivity contribution in [1.82, 2.24) is 19.5 Å². The summed E-state index contributed by atoms with van der Waals surface area (Å²) in [6.45, 7) is 0. The van der Waals surface area contributed by atoms with Crippen LogP contribution in [0.4, 0.5) is 0 Å². The first kappa shape index (κ1) is 31.9. The van der Waals surface area contributed by atoms with Gasteiger partial charge in [0, 0.05) is 32.8 Å². The third-order valence-corrected chi connectivity index (χ3v) is 10.7. The van der Waals surface area contributed by atoms with Crippen LogP contribution in [0.25, 0.3) is 106 Å². The zero-order valence-electron chi connectivity index (χ0n) is 30.2. The van der Waals surface area contributed by atoms with E-state index in [1.165, 1.54) is 16.5 Å². The maximum absolute atomic E-state index is 6.63. The third-order valence-electron chi connectivity index (χ3n) is 10.7. The highest BCUT2D eigenvalue weighted by atomic mass is 16.3. The molecule has 11 rings (SSSR count). The Labute approximate surface area is 322 Å². The number of benzene rings is 8. The lowest BCUT2D eigenvalue weighted by Gasteiger charge is -2.12. The van der Waals surface area contributed by atoms with Gasteiger partial charge >= 0.3 is 0 Å². The van der Waals surface area contributed by atoms with Crippen molar-refractivity contribution < 1.29 is 4.42 Å². The van der Waals surface area contributed by atoms with Crippen LogP contribution in [-0.4, -0.2) is 19.5 Å². The van der Waals surface area contributed by atoms with Crippen molar-refractivity contribution in [2.75, 3.05) is 0 Å². The predicted octanol–water partition coefficient (Wildman–Crippen LogP) is 13.2. The number of aromatic nitrogens is 4. The Bertz CT molecular complexity index is 3160. The van der Waals surface area contributed by atoms with Crippen molar-refractivity contribution in [2.45, 2.75) is 0 Å². The van der Waals surface area contributed by atoms with Crippen molar-refractivity contribution in [1.29, 1.82) is 0 Å². The van der Waals surface area contributed by atoms with Gasteiger partial charge < -0.3 is 8.98 Å². The molecule has 262 valence electrons. The second-order valence-electron chi connectivity index (χ2n) is 14.0. The van der Waals surface area contributed by atoms with Crippen LogP contribution in [-0.2, 0) is 0 Å². The Hall–Kier alpha value is -7.63. The van der Waals surface area contributed by atoms with E-state index in [1.807, 2.05) is 60.7 Å². The fraction of sp³-hybridized carbons (Fsp3) is 0. The Kier molecular flexibility index (Phi) is 7.42. The molecule has 0 radical (unpaired) electrons. The largest absolute Gasteiger partial charge is 0.456 e. The lowest BCUT2D eigenvalue weighted by molar-refractivity contribution is 0.669. The quantitative estimate of drug-likeness (QED) is 0.172. The Morgan fingerprint density at radius 1 is 0.339 bits per heavy atom. The highest BCUT2D eigenvalue weighted by molar-refractivity contribution is 6.18. The summed E-state index contributed by atoms with van der Waals surface area (Å²) in [5.74, 6) is 1.88. The summed E-state index contributed by atoms with van der Waals surface area (Å²) in [4.78, 5) is 15.1. The summed E-state index contributed by atoms with van der Waals surface area (Å²) in [7, 11) is 0. The van der Waals surface area contributed by atoms with Crippen LogP contribution in [0.5, 0.6) is 0 Å². The third kappa shape index (κ3) is 5.29. The van der Waals surface area contributed by atoms with Crippen molar-refractivity contribution in [3.05, 3.63) is 194 Å². The second-order valence-corrected chi connectivity index (χ2v) is 14.0. The molecule has 0 saturated heterocycles. The highest BCUT2D eigenvalue weighted by Gasteiger charge is 2.21. The van der Waals surface area contributed by atoms with Gasteiger partial charge in [-0.25, -0.2) is 15.0 Å². The topological polar surface area (TPSA) is 56.7 Å². The van der Waals surface area contributed by atoms with Gasteiger partial charge in [-0.1, -0.05) is 164 Å². The first-order valence-corrected chi connectivity index (χ1v) is 18.8. The van der Waals surface area contributed by atoms with Gasteiger partial charge in [0.05, 0.1) is 22.1 Å². The van der Waals surface area contributed by atoms with E-state index < -0.39 is 0 Å². The van der Waals surface area contributed by atoms with Crippen LogP contribution >= 0.6 is 0 Å². The van der Waals surface area contributed by atoms with Crippen molar-refractivity contribution in [3.63, 3.8) is 0 Å². The molecule has 0 fully saturated rings. The van der Waals surface area contributed by atoms with Gasteiger partial charge in [0.1, 0.15) is 11.2 Å².